The Morgan fingerprint density at radius 1 is 1.29 bits per heavy atom. The van der Waals surface area contributed by atoms with Gasteiger partial charge in [-0.1, -0.05) is 58.0 Å². The first-order valence-corrected chi connectivity index (χ1v) is 9.00. The van der Waals surface area contributed by atoms with Crippen LogP contribution in [0.3, 0.4) is 0 Å². The van der Waals surface area contributed by atoms with E-state index in [0.717, 1.165) is 25.5 Å². The van der Waals surface area contributed by atoms with Crippen molar-refractivity contribution in [3.05, 3.63) is 35.9 Å². The molecule has 1 aliphatic carbocycles. The maximum Gasteiger partial charge on any atom is 0.191 e. The Kier molecular flexibility index (Phi) is 4.60. The van der Waals surface area contributed by atoms with E-state index >= 15 is 0 Å². The van der Waals surface area contributed by atoms with Crippen LogP contribution in [-0.2, 0) is 10.2 Å². The van der Waals surface area contributed by atoms with Crippen molar-refractivity contribution < 1.29 is 4.74 Å². The third kappa shape index (κ3) is 3.04. The van der Waals surface area contributed by atoms with E-state index in [1.807, 2.05) is 7.05 Å². The standard InChI is InChI=1S/C20H31N3O/c1-19(2,14-9-7-6-8-10-14)13-22-18(21-5)23-16-15-11-12-24-17(15)20(16,3)4/h6-10,15-17H,11-13H2,1-5H3,(H2,21,22,23). The van der Waals surface area contributed by atoms with E-state index < -0.39 is 0 Å². The fourth-order valence-electron chi connectivity index (χ4n) is 4.26. The lowest BCUT2D eigenvalue weighted by molar-refractivity contribution is -0.106. The molecule has 2 fully saturated rings. The van der Waals surface area contributed by atoms with E-state index in [-0.39, 0.29) is 10.8 Å². The molecule has 3 atom stereocenters. The fourth-order valence-corrected chi connectivity index (χ4v) is 4.26. The van der Waals surface area contributed by atoms with Gasteiger partial charge in [-0.15, -0.1) is 0 Å². The Bertz CT molecular complexity index is 594. The number of nitrogens with one attached hydrogen (secondary N) is 2. The van der Waals surface area contributed by atoms with Gasteiger partial charge < -0.3 is 15.4 Å². The monoisotopic (exact) mass is 329 g/mol. The molecule has 3 rings (SSSR count). The summed E-state index contributed by atoms with van der Waals surface area (Å²) in [6.45, 7) is 10.8. The largest absolute Gasteiger partial charge is 0.377 e. The van der Waals surface area contributed by atoms with Crippen LogP contribution < -0.4 is 10.6 Å². The molecule has 1 aliphatic heterocycles. The zero-order chi connectivity index (χ0) is 17.4. The minimum Gasteiger partial charge on any atom is -0.377 e. The predicted octanol–water partition coefficient (Wildman–Crippen LogP) is 2.94. The average Bonchev–Trinajstić information content (AvgIpc) is 3.03. The third-order valence-electron chi connectivity index (χ3n) is 5.87. The van der Waals surface area contributed by atoms with E-state index in [4.69, 9.17) is 4.74 Å². The normalized spacial score (nSPS) is 28.9. The number of fused-ring (bicyclic) bond motifs is 1. The van der Waals surface area contributed by atoms with E-state index in [0.29, 0.717) is 18.1 Å². The minimum absolute atomic E-state index is 0.0486. The summed E-state index contributed by atoms with van der Waals surface area (Å²) < 4.78 is 5.88. The predicted molar refractivity (Wildman–Crippen MR) is 99.4 cm³/mol. The Morgan fingerprint density at radius 2 is 2.00 bits per heavy atom. The lowest BCUT2D eigenvalue weighted by Crippen LogP contribution is -2.68. The molecule has 3 unspecified atom stereocenters. The van der Waals surface area contributed by atoms with Gasteiger partial charge in [-0.25, -0.2) is 0 Å². The van der Waals surface area contributed by atoms with Gasteiger partial charge in [-0.2, -0.15) is 0 Å². The van der Waals surface area contributed by atoms with Crippen LogP contribution in [0.1, 0.15) is 39.7 Å². The van der Waals surface area contributed by atoms with Crippen LogP contribution in [0.2, 0.25) is 0 Å². The molecule has 1 aromatic rings. The van der Waals surface area contributed by atoms with Crippen LogP contribution in [0.5, 0.6) is 0 Å². The van der Waals surface area contributed by atoms with Gasteiger partial charge in [-0.3, -0.25) is 4.99 Å². The molecule has 0 bridgehead atoms. The highest BCUT2D eigenvalue weighted by atomic mass is 16.5. The van der Waals surface area contributed by atoms with Crippen molar-refractivity contribution in [1.29, 1.82) is 0 Å². The van der Waals surface area contributed by atoms with Gasteiger partial charge in [0.15, 0.2) is 5.96 Å². The zero-order valence-corrected chi connectivity index (χ0v) is 15.6. The first-order valence-electron chi connectivity index (χ1n) is 9.00. The summed E-state index contributed by atoms with van der Waals surface area (Å²) in [6.07, 6.45) is 1.55. The molecule has 2 aliphatic rings. The first-order chi connectivity index (χ1) is 11.4. The number of rotatable bonds is 4. The molecule has 1 aromatic carbocycles. The van der Waals surface area contributed by atoms with E-state index in [9.17, 15) is 0 Å². The number of guanidine groups is 1. The molecule has 4 heteroatoms. The molecular weight excluding hydrogens is 298 g/mol. The van der Waals surface area contributed by atoms with Crippen molar-refractivity contribution in [3.8, 4) is 0 Å². The highest BCUT2D eigenvalue weighted by Crippen LogP contribution is 2.52. The number of ether oxygens (including phenoxy) is 1. The lowest BCUT2D eigenvalue weighted by atomic mass is 9.57. The average molecular weight is 329 g/mol. The number of aliphatic imine (C=N–C) groups is 1. The van der Waals surface area contributed by atoms with Crippen molar-refractivity contribution >= 4 is 5.96 Å². The highest BCUT2D eigenvalue weighted by molar-refractivity contribution is 5.80. The quantitative estimate of drug-likeness (QED) is 0.659. The molecule has 132 valence electrons. The zero-order valence-electron chi connectivity index (χ0n) is 15.6. The molecule has 24 heavy (non-hydrogen) atoms. The number of benzene rings is 1. The van der Waals surface area contributed by atoms with E-state index in [1.54, 1.807) is 0 Å². The van der Waals surface area contributed by atoms with Crippen molar-refractivity contribution in [1.82, 2.24) is 10.6 Å². The minimum atomic E-state index is 0.0486. The number of nitrogens with zero attached hydrogens (tertiary/aromatic N) is 1. The first kappa shape index (κ1) is 17.3. The topological polar surface area (TPSA) is 45.7 Å². The van der Waals surface area contributed by atoms with E-state index in [2.05, 4.69) is 73.7 Å². The molecule has 2 N–H and O–H groups in total. The second-order valence-corrected chi connectivity index (χ2v) is 8.36. The summed E-state index contributed by atoms with van der Waals surface area (Å²) in [4.78, 5) is 4.44. The van der Waals surface area contributed by atoms with Crippen LogP contribution in [0.4, 0.5) is 0 Å². The van der Waals surface area contributed by atoms with Crippen molar-refractivity contribution in [2.75, 3.05) is 20.2 Å². The Labute approximate surface area is 146 Å². The summed E-state index contributed by atoms with van der Waals surface area (Å²) in [5, 5.41) is 7.17. The molecule has 0 radical (unpaired) electrons. The maximum absolute atomic E-state index is 5.88. The summed E-state index contributed by atoms with van der Waals surface area (Å²) in [5.41, 5.74) is 1.54. The molecule has 0 spiro atoms. The smallest absolute Gasteiger partial charge is 0.191 e. The third-order valence-corrected chi connectivity index (χ3v) is 5.87. The summed E-state index contributed by atoms with van der Waals surface area (Å²) >= 11 is 0. The van der Waals surface area contributed by atoms with Gasteiger partial charge in [0.1, 0.15) is 0 Å². The van der Waals surface area contributed by atoms with Crippen molar-refractivity contribution in [2.24, 2.45) is 16.3 Å². The molecule has 0 aromatic heterocycles. The second kappa shape index (κ2) is 6.40. The molecule has 0 amide bonds. The van der Waals surface area contributed by atoms with Crippen LogP contribution in [0.15, 0.2) is 35.3 Å². The van der Waals surface area contributed by atoms with Gasteiger partial charge in [0.2, 0.25) is 0 Å². The van der Waals surface area contributed by atoms with Gasteiger partial charge in [0, 0.05) is 43.0 Å². The Hall–Kier alpha value is -1.55. The maximum atomic E-state index is 5.88. The number of hydrogen-bond acceptors (Lipinski definition) is 2. The SMILES string of the molecule is CN=C(NCC(C)(C)c1ccccc1)NC1C2CCOC2C1(C)C. The van der Waals surface area contributed by atoms with E-state index in [1.165, 1.54) is 5.56 Å². The van der Waals surface area contributed by atoms with Crippen LogP contribution in [0, 0.1) is 11.3 Å². The molecule has 4 nitrogen and oxygen atoms in total. The molecule has 1 saturated carbocycles. The van der Waals surface area contributed by atoms with Crippen molar-refractivity contribution in [2.45, 2.75) is 51.7 Å². The fraction of sp³-hybridized carbons (Fsp3) is 0.650. The van der Waals surface area contributed by atoms with Crippen LogP contribution in [-0.4, -0.2) is 38.3 Å². The van der Waals surface area contributed by atoms with Crippen molar-refractivity contribution in [3.63, 3.8) is 0 Å². The number of hydrogen-bond donors (Lipinski definition) is 2. The molecular formula is C20H31N3O. The summed E-state index contributed by atoms with van der Waals surface area (Å²) in [5.74, 6) is 1.50. The Morgan fingerprint density at radius 3 is 2.67 bits per heavy atom. The summed E-state index contributed by atoms with van der Waals surface area (Å²) in [7, 11) is 1.85. The lowest BCUT2D eigenvalue weighted by Gasteiger charge is -2.55. The second-order valence-electron chi connectivity index (χ2n) is 8.36. The van der Waals surface area contributed by atoms with Gasteiger partial charge in [0.05, 0.1) is 6.10 Å². The Balaban J connectivity index is 1.60. The van der Waals surface area contributed by atoms with Crippen LogP contribution >= 0.6 is 0 Å². The van der Waals surface area contributed by atoms with Gasteiger partial charge in [-0.05, 0) is 12.0 Å². The summed E-state index contributed by atoms with van der Waals surface area (Å²) in [6, 6.07) is 11.1. The van der Waals surface area contributed by atoms with Gasteiger partial charge in [0.25, 0.3) is 0 Å². The molecule has 1 heterocycles. The molecule has 1 saturated heterocycles. The van der Waals surface area contributed by atoms with Crippen LogP contribution in [0.25, 0.3) is 0 Å². The van der Waals surface area contributed by atoms with Gasteiger partial charge >= 0.3 is 0 Å². The highest BCUT2D eigenvalue weighted by Gasteiger charge is 2.59.